The number of benzene rings is 1. The van der Waals surface area contributed by atoms with Crippen LogP contribution >= 0.6 is 0 Å². The summed E-state index contributed by atoms with van der Waals surface area (Å²) in [6.45, 7) is 3.15. The van der Waals surface area contributed by atoms with Gasteiger partial charge in [0.25, 0.3) is 0 Å². The summed E-state index contributed by atoms with van der Waals surface area (Å²) in [5, 5.41) is 13.0. The Morgan fingerprint density at radius 3 is 2.63 bits per heavy atom. The summed E-state index contributed by atoms with van der Waals surface area (Å²) in [7, 11) is 1.72. The molecule has 1 aliphatic carbocycles. The van der Waals surface area contributed by atoms with Crippen LogP contribution in [-0.2, 0) is 6.42 Å². The second-order valence-corrected chi connectivity index (χ2v) is 5.44. The fourth-order valence-electron chi connectivity index (χ4n) is 2.78. The van der Waals surface area contributed by atoms with E-state index in [9.17, 15) is 5.11 Å². The Bertz CT molecular complexity index is 398. The number of nitrogens with one attached hydrogen (secondary N) is 1. The van der Waals surface area contributed by atoms with E-state index in [1.807, 2.05) is 6.07 Å². The van der Waals surface area contributed by atoms with Crippen molar-refractivity contribution in [2.45, 2.75) is 45.1 Å². The SMILES string of the molecule is CCc1cc(NCC2CCC(O)CC2)ccc1OC. The highest BCUT2D eigenvalue weighted by atomic mass is 16.5. The van der Waals surface area contributed by atoms with E-state index >= 15 is 0 Å². The second kappa shape index (κ2) is 6.80. The standard InChI is InChI=1S/C16H25NO2/c1-3-13-10-14(6-9-16(13)19-2)17-11-12-4-7-15(18)8-5-12/h6,9-10,12,15,17-18H,3-5,7-8,11H2,1-2H3. The molecule has 106 valence electrons. The van der Waals surface area contributed by atoms with Gasteiger partial charge in [-0.15, -0.1) is 0 Å². The Balaban J connectivity index is 1.89. The van der Waals surface area contributed by atoms with Crippen LogP contribution in [0.15, 0.2) is 18.2 Å². The molecule has 1 saturated carbocycles. The minimum Gasteiger partial charge on any atom is -0.496 e. The van der Waals surface area contributed by atoms with E-state index in [2.05, 4.69) is 24.4 Å². The molecular weight excluding hydrogens is 238 g/mol. The summed E-state index contributed by atoms with van der Waals surface area (Å²) in [4.78, 5) is 0. The van der Waals surface area contributed by atoms with Gasteiger partial charge < -0.3 is 15.2 Å². The van der Waals surface area contributed by atoms with Gasteiger partial charge in [0.05, 0.1) is 13.2 Å². The maximum atomic E-state index is 9.50. The first-order valence-electron chi connectivity index (χ1n) is 7.31. The summed E-state index contributed by atoms with van der Waals surface area (Å²) in [6, 6.07) is 6.29. The third-order valence-electron chi connectivity index (χ3n) is 4.07. The van der Waals surface area contributed by atoms with E-state index in [4.69, 9.17) is 4.74 Å². The second-order valence-electron chi connectivity index (χ2n) is 5.44. The number of aliphatic hydroxyl groups is 1. The highest BCUT2D eigenvalue weighted by Crippen LogP contribution is 2.26. The van der Waals surface area contributed by atoms with Gasteiger partial charge in [0.2, 0.25) is 0 Å². The summed E-state index contributed by atoms with van der Waals surface area (Å²) in [5.74, 6) is 1.66. The summed E-state index contributed by atoms with van der Waals surface area (Å²) < 4.78 is 5.34. The van der Waals surface area contributed by atoms with Crippen molar-refractivity contribution in [3.8, 4) is 5.75 Å². The average molecular weight is 263 g/mol. The summed E-state index contributed by atoms with van der Waals surface area (Å²) in [5.41, 5.74) is 2.41. The van der Waals surface area contributed by atoms with E-state index < -0.39 is 0 Å². The molecule has 0 radical (unpaired) electrons. The van der Waals surface area contributed by atoms with Gasteiger partial charge in [-0.2, -0.15) is 0 Å². The van der Waals surface area contributed by atoms with Gasteiger partial charge in [0.1, 0.15) is 5.75 Å². The van der Waals surface area contributed by atoms with Crippen molar-refractivity contribution in [1.29, 1.82) is 0 Å². The Hall–Kier alpha value is -1.22. The first-order valence-corrected chi connectivity index (χ1v) is 7.31. The van der Waals surface area contributed by atoms with Crippen molar-refractivity contribution >= 4 is 5.69 Å². The molecule has 0 atom stereocenters. The largest absolute Gasteiger partial charge is 0.496 e. The molecule has 3 heteroatoms. The molecular formula is C16H25NO2. The van der Waals surface area contributed by atoms with Crippen molar-refractivity contribution in [2.24, 2.45) is 5.92 Å². The van der Waals surface area contributed by atoms with Gasteiger partial charge in [-0.1, -0.05) is 6.92 Å². The quantitative estimate of drug-likeness (QED) is 0.857. The van der Waals surface area contributed by atoms with Crippen molar-refractivity contribution in [3.63, 3.8) is 0 Å². The predicted molar refractivity (Wildman–Crippen MR) is 78.8 cm³/mol. The lowest BCUT2D eigenvalue weighted by molar-refractivity contribution is 0.111. The fourth-order valence-corrected chi connectivity index (χ4v) is 2.78. The number of anilines is 1. The molecule has 1 aromatic rings. The van der Waals surface area contributed by atoms with Crippen LogP contribution in [0.3, 0.4) is 0 Å². The van der Waals surface area contributed by atoms with Crippen LogP contribution in [0, 0.1) is 5.92 Å². The third-order valence-corrected chi connectivity index (χ3v) is 4.07. The van der Waals surface area contributed by atoms with Crippen molar-refractivity contribution < 1.29 is 9.84 Å². The topological polar surface area (TPSA) is 41.5 Å². The zero-order chi connectivity index (χ0) is 13.7. The molecule has 0 bridgehead atoms. The minimum absolute atomic E-state index is 0.0658. The summed E-state index contributed by atoms with van der Waals surface area (Å²) >= 11 is 0. The van der Waals surface area contributed by atoms with Crippen LogP contribution in [0.4, 0.5) is 5.69 Å². The van der Waals surface area contributed by atoms with Crippen LogP contribution < -0.4 is 10.1 Å². The normalized spacial score (nSPS) is 23.1. The van der Waals surface area contributed by atoms with Crippen molar-refractivity contribution in [2.75, 3.05) is 19.0 Å². The Labute approximate surface area is 116 Å². The Kier molecular flexibility index (Phi) is 5.08. The number of aliphatic hydroxyl groups excluding tert-OH is 1. The van der Waals surface area contributed by atoms with E-state index in [0.29, 0.717) is 5.92 Å². The number of aryl methyl sites for hydroxylation is 1. The molecule has 2 N–H and O–H groups in total. The van der Waals surface area contributed by atoms with Crippen molar-refractivity contribution in [3.05, 3.63) is 23.8 Å². The Morgan fingerprint density at radius 2 is 2.00 bits per heavy atom. The minimum atomic E-state index is -0.0658. The van der Waals surface area contributed by atoms with Crippen LogP contribution in [0.5, 0.6) is 5.75 Å². The molecule has 2 rings (SSSR count). The van der Waals surface area contributed by atoms with Crippen LogP contribution in [0.2, 0.25) is 0 Å². The van der Waals surface area contributed by atoms with E-state index in [-0.39, 0.29) is 6.10 Å². The molecule has 0 amide bonds. The number of hydrogen-bond donors (Lipinski definition) is 2. The van der Waals surface area contributed by atoms with Crippen molar-refractivity contribution in [1.82, 2.24) is 0 Å². The fraction of sp³-hybridized carbons (Fsp3) is 0.625. The van der Waals surface area contributed by atoms with Gasteiger partial charge in [-0.25, -0.2) is 0 Å². The van der Waals surface area contributed by atoms with Gasteiger partial charge in [0, 0.05) is 12.2 Å². The molecule has 3 nitrogen and oxygen atoms in total. The van der Waals surface area contributed by atoms with E-state index in [1.54, 1.807) is 7.11 Å². The van der Waals surface area contributed by atoms with Crippen LogP contribution in [-0.4, -0.2) is 24.9 Å². The van der Waals surface area contributed by atoms with E-state index in [0.717, 1.165) is 44.4 Å². The monoisotopic (exact) mass is 263 g/mol. The third kappa shape index (κ3) is 3.87. The summed E-state index contributed by atoms with van der Waals surface area (Å²) in [6.07, 6.45) is 5.08. The Morgan fingerprint density at radius 1 is 1.26 bits per heavy atom. The first-order chi connectivity index (χ1) is 9.22. The maximum absolute atomic E-state index is 9.50. The number of rotatable bonds is 5. The molecule has 0 saturated heterocycles. The van der Waals surface area contributed by atoms with Crippen LogP contribution in [0.1, 0.15) is 38.2 Å². The molecule has 19 heavy (non-hydrogen) atoms. The average Bonchev–Trinajstić information content (AvgIpc) is 2.46. The van der Waals surface area contributed by atoms with E-state index in [1.165, 1.54) is 11.3 Å². The lowest BCUT2D eigenvalue weighted by Gasteiger charge is -2.26. The molecule has 0 aliphatic heterocycles. The lowest BCUT2D eigenvalue weighted by atomic mass is 9.87. The zero-order valence-corrected chi connectivity index (χ0v) is 12.0. The highest BCUT2D eigenvalue weighted by molar-refractivity contribution is 5.51. The number of ether oxygens (including phenoxy) is 1. The molecule has 1 aromatic carbocycles. The van der Waals surface area contributed by atoms with Gasteiger partial charge in [-0.05, 0) is 61.8 Å². The first kappa shape index (κ1) is 14.2. The lowest BCUT2D eigenvalue weighted by Crippen LogP contribution is -2.23. The van der Waals surface area contributed by atoms with Crippen LogP contribution in [0.25, 0.3) is 0 Å². The molecule has 0 spiro atoms. The number of hydrogen-bond acceptors (Lipinski definition) is 3. The molecule has 0 aromatic heterocycles. The molecule has 1 aliphatic rings. The van der Waals surface area contributed by atoms with Gasteiger partial charge in [0.15, 0.2) is 0 Å². The molecule has 1 fully saturated rings. The zero-order valence-electron chi connectivity index (χ0n) is 12.0. The van der Waals surface area contributed by atoms with Gasteiger partial charge in [-0.3, -0.25) is 0 Å². The highest BCUT2D eigenvalue weighted by Gasteiger charge is 2.18. The smallest absolute Gasteiger partial charge is 0.122 e. The van der Waals surface area contributed by atoms with Gasteiger partial charge >= 0.3 is 0 Å². The molecule has 0 heterocycles. The number of methoxy groups -OCH3 is 1. The molecule has 0 unspecified atom stereocenters. The predicted octanol–water partition coefficient (Wildman–Crippen LogP) is 3.22. The maximum Gasteiger partial charge on any atom is 0.122 e.